The third-order valence-corrected chi connectivity index (χ3v) is 3.21. The van der Waals surface area contributed by atoms with Gasteiger partial charge in [0, 0.05) is 30.8 Å². The maximum atomic E-state index is 12.5. The van der Waals surface area contributed by atoms with Crippen LogP contribution in [0, 0.1) is 6.92 Å². The second-order valence-electron chi connectivity index (χ2n) is 4.63. The van der Waals surface area contributed by atoms with Crippen molar-refractivity contribution >= 4 is 5.91 Å². The van der Waals surface area contributed by atoms with Crippen LogP contribution in [-0.2, 0) is 4.74 Å². The van der Waals surface area contributed by atoms with Crippen LogP contribution >= 0.6 is 0 Å². The fourth-order valence-electron chi connectivity index (χ4n) is 2.23. The van der Waals surface area contributed by atoms with Gasteiger partial charge in [-0.05, 0) is 6.92 Å². The number of carbonyl (C=O) groups is 1. The van der Waals surface area contributed by atoms with Crippen molar-refractivity contribution in [2.45, 2.75) is 13.0 Å². The summed E-state index contributed by atoms with van der Waals surface area (Å²) in [6, 6.07) is -0.216. The molecule has 20 heavy (non-hydrogen) atoms. The zero-order valence-corrected chi connectivity index (χ0v) is 11.1. The van der Waals surface area contributed by atoms with Crippen LogP contribution in [0.25, 0.3) is 0 Å². The van der Waals surface area contributed by atoms with Crippen LogP contribution in [0.15, 0.2) is 24.8 Å². The first kappa shape index (κ1) is 12.7. The van der Waals surface area contributed by atoms with Crippen molar-refractivity contribution in [1.82, 2.24) is 24.8 Å². The number of morpholine rings is 1. The number of H-pyrrole nitrogens is 1. The number of aromatic nitrogens is 4. The Hall–Kier alpha value is -2.28. The molecule has 104 valence electrons. The normalized spacial score (nSPS) is 19.1. The standard InChI is InChI=1S/C13H15N5O2/c1-9-6-16-12(17-9)11-8-20-5-4-18(11)13(19)10-7-14-2-3-15-10/h2-3,6-7,11H,4-5,8H2,1H3,(H,16,17)/t11-/m1/s1. The predicted octanol–water partition coefficient (Wildman–Crippen LogP) is 0.722. The maximum Gasteiger partial charge on any atom is 0.274 e. The molecule has 0 unspecified atom stereocenters. The summed E-state index contributed by atoms with van der Waals surface area (Å²) >= 11 is 0. The molecule has 0 aliphatic carbocycles. The summed E-state index contributed by atoms with van der Waals surface area (Å²) in [7, 11) is 0. The van der Waals surface area contributed by atoms with Crippen LogP contribution in [0.1, 0.15) is 28.0 Å². The van der Waals surface area contributed by atoms with E-state index in [1.165, 1.54) is 12.4 Å². The molecule has 3 heterocycles. The Morgan fingerprint density at radius 1 is 1.40 bits per heavy atom. The molecule has 7 heteroatoms. The molecule has 1 saturated heterocycles. The summed E-state index contributed by atoms with van der Waals surface area (Å²) in [5.74, 6) is 0.583. The average molecular weight is 273 g/mol. The Bertz CT molecular complexity index is 598. The van der Waals surface area contributed by atoms with Gasteiger partial charge in [-0.25, -0.2) is 9.97 Å². The number of imidazole rings is 1. The van der Waals surface area contributed by atoms with E-state index in [1.807, 2.05) is 6.92 Å². The van der Waals surface area contributed by atoms with Gasteiger partial charge in [-0.2, -0.15) is 0 Å². The second-order valence-corrected chi connectivity index (χ2v) is 4.63. The first-order valence-corrected chi connectivity index (χ1v) is 6.42. The molecular weight excluding hydrogens is 258 g/mol. The van der Waals surface area contributed by atoms with E-state index >= 15 is 0 Å². The van der Waals surface area contributed by atoms with Crippen LogP contribution in [0.3, 0.4) is 0 Å². The summed E-state index contributed by atoms with van der Waals surface area (Å²) in [6.45, 7) is 3.38. The zero-order chi connectivity index (χ0) is 13.9. The van der Waals surface area contributed by atoms with Gasteiger partial charge in [0.1, 0.15) is 17.6 Å². The van der Waals surface area contributed by atoms with Gasteiger partial charge in [0.25, 0.3) is 5.91 Å². The van der Waals surface area contributed by atoms with Gasteiger partial charge in [-0.3, -0.25) is 9.78 Å². The van der Waals surface area contributed by atoms with Crippen molar-refractivity contribution in [2.75, 3.05) is 19.8 Å². The maximum absolute atomic E-state index is 12.5. The Morgan fingerprint density at radius 2 is 2.30 bits per heavy atom. The molecule has 0 aromatic carbocycles. The lowest BCUT2D eigenvalue weighted by molar-refractivity contribution is -0.00534. The fraction of sp³-hybridized carbons (Fsp3) is 0.385. The Labute approximate surface area is 116 Å². The highest BCUT2D eigenvalue weighted by atomic mass is 16.5. The van der Waals surface area contributed by atoms with Gasteiger partial charge >= 0.3 is 0 Å². The predicted molar refractivity (Wildman–Crippen MR) is 70.0 cm³/mol. The number of hydrogen-bond acceptors (Lipinski definition) is 5. The number of rotatable bonds is 2. The average Bonchev–Trinajstić information content (AvgIpc) is 2.94. The summed E-state index contributed by atoms with van der Waals surface area (Å²) in [5, 5.41) is 0. The van der Waals surface area contributed by atoms with E-state index in [2.05, 4.69) is 19.9 Å². The molecule has 2 aromatic rings. The van der Waals surface area contributed by atoms with E-state index in [4.69, 9.17) is 4.74 Å². The van der Waals surface area contributed by atoms with Gasteiger partial charge in [-0.15, -0.1) is 0 Å². The minimum absolute atomic E-state index is 0.152. The highest BCUT2D eigenvalue weighted by molar-refractivity contribution is 5.92. The van der Waals surface area contributed by atoms with Gasteiger partial charge in [-0.1, -0.05) is 0 Å². The summed E-state index contributed by atoms with van der Waals surface area (Å²) in [4.78, 5) is 29.7. The number of aromatic amines is 1. The molecule has 0 bridgehead atoms. The number of aryl methyl sites for hydroxylation is 1. The monoisotopic (exact) mass is 273 g/mol. The Kier molecular flexibility index (Phi) is 3.42. The Morgan fingerprint density at radius 3 is 3.00 bits per heavy atom. The highest BCUT2D eigenvalue weighted by Crippen LogP contribution is 2.23. The Balaban J connectivity index is 1.87. The van der Waals surface area contributed by atoms with Crippen LogP contribution < -0.4 is 0 Å². The topological polar surface area (TPSA) is 84.0 Å². The van der Waals surface area contributed by atoms with Crippen LogP contribution in [0.4, 0.5) is 0 Å². The lowest BCUT2D eigenvalue weighted by atomic mass is 10.2. The lowest BCUT2D eigenvalue weighted by Crippen LogP contribution is -2.44. The molecule has 1 aliphatic rings. The SMILES string of the molecule is Cc1cnc([C@H]2COCCN2C(=O)c2cnccn2)[nH]1. The number of hydrogen-bond donors (Lipinski definition) is 1. The second kappa shape index (κ2) is 5.38. The largest absolute Gasteiger partial charge is 0.377 e. The molecule has 0 saturated carbocycles. The summed E-state index contributed by atoms with van der Waals surface area (Å²) in [5.41, 5.74) is 1.29. The van der Waals surface area contributed by atoms with E-state index in [0.717, 1.165) is 11.5 Å². The van der Waals surface area contributed by atoms with Crippen molar-refractivity contribution in [3.05, 3.63) is 42.0 Å². The molecular formula is C13H15N5O2. The number of carbonyl (C=O) groups excluding carboxylic acids is 1. The third kappa shape index (κ3) is 2.39. The van der Waals surface area contributed by atoms with E-state index in [-0.39, 0.29) is 11.9 Å². The van der Waals surface area contributed by atoms with Crippen LogP contribution in [0.5, 0.6) is 0 Å². The first-order valence-electron chi connectivity index (χ1n) is 6.42. The molecule has 0 radical (unpaired) electrons. The number of nitrogens with one attached hydrogen (secondary N) is 1. The van der Waals surface area contributed by atoms with E-state index < -0.39 is 0 Å². The quantitative estimate of drug-likeness (QED) is 0.871. The van der Waals surface area contributed by atoms with E-state index in [9.17, 15) is 4.79 Å². The van der Waals surface area contributed by atoms with Crippen molar-refractivity contribution in [1.29, 1.82) is 0 Å². The van der Waals surface area contributed by atoms with Crippen LogP contribution in [0.2, 0.25) is 0 Å². The minimum atomic E-state index is -0.216. The molecule has 1 amide bonds. The minimum Gasteiger partial charge on any atom is -0.377 e. The third-order valence-electron chi connectivity index (χ3n) is 3.21. The number of ether oxygens (including phenoxy) is 1. The van der Waals surface area contributed by atoms with Crippen molar-refractivity contribution in [3.8, 4) is 0 Å². The molecule has 3 rings (SSSR count). The molecule has 1 atom stereocenters. The molecule has 1 N–H and O–H groups in total. The van der Waals surface area contributed by atoms with E-state index in [1.54, 1.807) is 17.3 Å². The van der Waals surface area contributed by atoms with Crippen molar-refractivity contribution in [3.63, 3.8) is 0 Å². The smallest absolute Gasteiger partial charge is 0.274 e. The van der Waals surface area contributed by atoms with Gasteiger partial charge < -0.3 is 14.6 Å². The molecule has 1 fully saturated rings. The van der Waals surface area contributed by atoms with Crippen molar-refractivity contribution in [2.24, 2.45) is 0 Å². The summed E-state index contributed by atoms with van der Waals surface area (Å²) in [6.07, 6.45) is 6.28. The number of nitrogens with zero attached hydrogens (tertiary/aromatic N) is 4. The van der Waals surface area contributed by atoms with Gasteiger partial charge in [0.15, 0.2) is 0 Å². The fourth-order valence-corrected chi connectivity index (χ4v) is 2.23. The highest BCUT2D eigenvalue weighted by Gasteiger charge is 2.31. The molecule has 7 nitrogen and oxygen atoms in total. The molecule has 0 spiro atoms. The van der Waals surface area contributed by atoms with Gasteiger partial charge in [0.05, 0.1) is 19.4 Å². The first-order chi connectivity index (χ1) is 9.75. The van der Waals surface area contributed by atoms with Crippen molar-refractivity contribution < 1.29 is 9.53 Å². The zero-order valence-electron chi connectivity index (χ0n) is 11.1. The summed E-state index contributed by atoms with van der Waals surface area (Å²) < 4.78 is 5.47. The molecule has 2 aromatic heterocycles. The lowest BCUT2D eigenvalue weighted by Gasteiger charge is -2.34. The van der Waals surface area contributed by atoms with Crippen LogP contribution in [-0.4, -0.2) is 50.5 Å². The number of amides is 1. The van der Waals surface area contributed by atoms with Gasteiger partial charge in [0.2, 0.25) is 0 Å². The van der Waals surface area contributed by atoms with E-state index in [0.29, 0.717) is 25.5 Å². The molecule has 1 aliphatic heterocycles.